The Morgan fingerprint density at radius 3 is 2.08 bits per heavy atom. The van der Waals surface area contributed by atoms with Crippen LogP contribution in [0.2, 0.25) is 0 Å². The van der Waals surface area contributed by atoms with Crippen LogP contribution in [0.4, 0.5) is 8.78 Å². The van der Waals surface area contributed by atoms with Crippen molar-refractivity contribution in [1.82, 2.24) is 4.31 Å². The van der Waals surface area contributed by atoms with Crippen molar-refractivity contribution in [2.75, 3.05) is 13.7 Å². The predicted octanol–water partition coefficient (Wildman–Crippen LogP) is 4.73. The number of nitrogens with zero attached hydrogens (tertiary/aromatic N) is 1. The standard InChI is InChI=1S/C26H25F2NO6S/c1-34-21-13-9-19(10-14-21)18-7-11-20(12-8-18)26(16-15-23(26)35-25(27)28)29(17-24(30)31)36(32,33)22-5-3-2-4-6-22/h2-14,23,25H,15-17H2,1H3,(H,30,31). The lowest BCUT2D eigenvalue weighted by Crippen LogP contribution is -2.64. The highest BCUT2D eigenvalue weighted by molar-refractivity contribution is 7.89. The van der Waals surface area contributed by atoms with Crippen LogP contribution >= 0.6 is 0 Å². The number of hydrogen-bond donors (Lipinski definition) is 1. The predicted molar refractivity (Wildman–Crippen MR) is 128 cm³/mol. The van der Waals surface area contributed by atoms with Crippen molar-refractivity contribution in [2.24, 2.45) is 0 Å². The van der Waals surface area contributed by atoms with Crippen LogP contribution in [0.5, 0.6) is 5.75 Å². The largest absolute Gasteiger partial charge is 0.497 e. The topological polar surface area (TPSA) is 93.1 Å². The average Bonchev–Trinajstić information content (AvgIpc) is 2.87. The number of carboxylic acids is 1. The molecule has 0 aromatic heterocycles. The maximum absolute atomic E-state index is 13.7. The minimum atomic E-state index is -4.39. The van der Waals surface area contributed by atoms with Gasteiger partial charge < -0.3 is 14.6 Å². The zero-order chi connectivity index (χ0) is 25.9. The minimum Gasteiger partial charge on any atom is -0.497 e. The second kappa shape index (κ2) is 10.3. The number of rotatable bonds is 10. The number of halogens is 2. The number of ether oxygens (including phenoxy) is 2. The third kappa shape index (κ3) is 4.84. The average molecular weight is 518 g/mol. The number of hydrogen-bond acceptors (Lipinski definition) is 5. The van der Waals surface area contributed by atoms with Crippen molar-refractivity contribution in [3.8, 4) is 16.9 Å². The van der Waals surface area contributed by atoms with Crippen LogP contribution in [0.1, 0.15) is 18.4 Å². The quantitative estimate of drug-likeness (QED) is 0.418. The van der Waals surface area contributed by atoms with Crippen LogP contribution in [0.3, 0.4) is 0 Å². The molecule has 2 atom stereocenters. The van der Waals surface area contributed by atoms with Crippen LogP contribution in [0.25, 0.3) is 11.1 Å². The molecule has 1 N–H and O–H groups in total. The zero-order valence-electron chi connectivity index (χ0n) is 19.4. The van der Waals surface area contributed by atoms with Crippen molar-refractivity contribution in [1.29, 1.82) is 0 Å². The van der Waals surface area contributed by atoms with Crippen molar-refractivity contribution in [3.05, 3.63) is 84.4 Å². The summed E-state index contributed by atoms with van der Waals surface area (Å²) in [7, 11) is -2.83. The molecule has 0 spiro atoms. The molecule has 2 unspecified atom stereocenters. The molecule has 36 heavy (non-hydrogen) atoms. The summed E-state index contributed by atoms with van der Waals surface area (Å²) in [5, 5.41) is 9.62. The highest BCUT2D eigenvalue weighted by Crippen LogP contribution is 2.51. The van der Waals surface area contributed by atoms with E-state index in [9.17, 15) is 27.1 Å². The molecule has 1 aliphatic rings. The Morgan fingerprint density at radius 1 is 1.03 bits per heavy atom. The molecule has 0 saturated heterocycles. The van der Waals surface area contributed by atoms with E-state index in [1.54, 1.807) is 49.6 Å². The first-order chi connectivity index (χ1) is 17.2. The fourth-order valence-corrected chi connectivity index (χ4v) is 6.40. The van der Waals surface area contributed by atoms with Crippen LogP contribution in [0, 0.1) is 0 Å². The van der Waals surface area contributed by atoms with Gasteiger partial charge in [-0.3, -0.25) is 4.79 Å². The maximum Gasteiger partial charge on any atom is 0.345 e. The summed E-state index contributed by atoms with van der Waals surface area (Å²) in [6.45, 7) is -4.07. The van der Waals surface area contributed by atoms with Crippen LogP contribution in [-0.4, -0.2) is 50.2 Å². The molecule has 3 aromatic carbocycles. The van der Waals surface area contributed by atoms with Gasteiger partial charge in [0.1, 0.15) is 12.3 Å². The molecule has 0 amide bonds. The van der Waals surface area contributed by atoms with Crippen LogP contribution < -0.4 is 4.74 Å². The first kappa shape index (κ1) is 25.7. The van der Waals surface area contributed by atoms with Gasteiger partial charge >= 0.3 is 12.6 Å². The van der Waals surface area contributed by atoms with Gasteiger partial charge in [-0.1, -0.05) is 54.6 Å². The molecule has 0 radical (unpaired) electrons. The number of carboxylic acid groups (broad SMARTS) is 1. The Kier molecular flexibility index (Phi) is 7.39. The first-order valence-corrected chi connectivity index (χ1v) is 12.6. The Bertz CT molecular complexity index is 1300. The molecule has 0 aliphatic heterocycles. The third-order valence-corrected chi connectivity index (χ3v) is 8.35. The SMILES string of the molecule is COc1ccc(-c2ccc(C3(N(CC(=O)O)S(=O)(=O)c4ccccc4)CCC3OC(F)F)cc2)cc1. The van der Waals surface area contributed by atoms with Crippen LogP contribution in [-0.2, 0) is 25.1 Å². The molecule has 0 bridgehead atoms. The number of benzene rings is 3. The van der Waals surface area contributed by atoms with E-state index in [2.05, 4.69) is 0 Å². The molecule has 1 fully saturated rings. The van der Waals surface area contributed by atoms with Gasteiger partial charge in [0.15, 0.2) is 0 Å². The highest BCUT2D eigenvalue weighted by atomic mass is 32.2. The molecule has 10 heteroatoms. The van der Waals surface area contributed by atoms with Gasteiger partial charge in [0.2, 0.25) is 10.0 Å². The van der Waals surface area contributed by atoms with E-state index in [0.29, 0.717) is 11.3 Å². The van der Waals surface area contributed by atoms with Crippen molar-refractivity contribution in [3.63, 3.8) is 0 Å². The maximum atomic E-state index is 13.7. The molecule has 3 aromatic rings. The van der Waals surface area contributed by atoms with E-state index in [1.807, 2.05) is 12.1 Å². The minimum absolute atomic E-state index is 0.117. The number of sulfonamides is 1. The van der Waals surface area contributed by atoms with Gasteiger partial charge in [-0.25, -0.2) is 8.42 Å². The molecule has 7 nitrogen and oxygen atoms in total. The van der Waals surface area contributed by atoms with E-state index in [0.717, 1.165) is 15.4 Å². The van der Waals surface area contributed by atoms with Gasteiger partial charge in [-0.15, -0.1) is 0 Å². The van der Waals surface area contributed by atoms with Crippen molar-refractivity contribution >= 4 is 16.0 Å². The lowest BCUT2D eigenvalue weighted by molar-refractivity contribution is -0.226. The summed E-state index contributed by atoms with van der Waals surface area (Å²) in [4.78, 5) is 11.7. The Balaban J connectivity index is 1.81. The van der Waals surface area contributed by atoms with Crippen LogP contribution in [0.15, 0.2) is 83.8 Å². The van der Waals surface area contributed by atoms with Gasteiger partial charge in [0.05, 0.1) is 23.6 Å². The lowest BCUT2D eigenvalue weighted by Gasteiger charge is -2.54. The molecule has 0 heterocycles. The summed E-state index contributed by atoms with van der Waals surface area (Å²) in [5.41, 5.74) is 0.419. The summed E-state index contributed by atoms with van der Waals surface area (Å²) >= 11 is 0. The van der Waals surface area contributed by atoms with Crippen molar-refractivity contribution < 1.29 is 36.6 Å². The normalized spacial score (nSPS) is 19.8. The first-order valence-electron chi connectivity index (χ1n) is 11.2. The van der Waals surface area contributed by atoms with E-state index in [4.69, 9.17) is 9.47 Å². The zero-order valence-corrected chi connectivity index (χ0v) is 20.2. The summed E-state index contributed by atoms with van der Waals surface area (Å²) in [6.07, 6.45) is -0.974. The fourth-order valence-electron chi connectivity index (χ4n) is 4.62. The smallest absolute Gasteiger partial charge is 0.345 e. The molecule has 190 valence electrons. The Morgan fingerprint density at radius 2 is 1.61 bits per heavy atom. The molecular formula is C26H25F2NO6S. The van der Waals surface area contributed by atoms with E-state index < -0.39 is 40.8 Å². The number of aliphatic carboxylic acids is 1. The second-order valence-electron chi connectivity index (χ2n) is 8.37. The number of alkyl halides is 2. The van der Waals surface area contributed by atoms with Gasteiger partial charge in [0, 0.05) is 0 Å². The summed E-state index contributed by atoms with van der Waals surface area (Å²) in [5.74, 6) is -0.724. The molecule has 1 aliphatic carbocycles. The monoisotopic (exact) mass is 517 g/mol. The van der Waals surface area contributed by atoms with E-state index in [1.165, 1.54) is 24.3 Å². The number of carbonyl (C=O) groups is 1. The molecule has 1 saturated carbocycles. The Hall–Kier alpha value is -3.34. The lowest BCUT2D eigenvalue weighted by atomic mass is 9.68. The second-order valence-corrected chi connectivity index (χ2v) is 10.2. The summed E-state index contributed by atoms with van der Waals surface area (Å²) in [6, 6.07) is 21.4. The summed E-state index contributed by atoms with van der Waals surface area (Å²) < 4.78 is 64.8. The van der Waals surface area contributed by atoms with Gasteiger partial charge in [-0.2, -0.15) is 13.1 Å². The third-order valence-electron chi connectivity index (χ3n) is 6.45. The van der Waals surface area contributed by atoms with Crippen molar-refractivity contribution in [2.45, 2.75) is 36.0 Å². The highest BCUT2D eigenvalue weighted by Gasteiger charge is 2.58. The van der Waals surface area contributed by atoms with Gasteiger partial charge in [-0.05, 0) is 53.8 Å². The number of methoxy groups -OCH3 is 1. The Labute approximate surface area is 207 Å². The van der Waals surface area contributed by atoms with E-state index in [-0.39, 0.29) is 17.7 Å². The van der Waals surface area contributed by atoms with Gasteiger partial charge in [0.25, 0.3) is 0 Å². The van der Waals surface area contributed by atoms with E-state index >= 15 is 0 Å². The fraction of sp³-hybridized carbons (Fsp3) is 0.269. The molecular weight excluding hydrogens is 492 g/mol. The molecule has 4 rings (SSSR count).